The van der Waals surface area contributed by atoms with E-state index >= 15 is 0 Å². The Bertz CT molecular complexity index is 621. The van der Waals surface area contributed by atoms with Crippen LogP contribution >= 0.6 is 0 Å². The molecule has 1 amide bonds. The van der Waals surface area contributed by atoms with E-state index in [1.807, 2.05) is 0 Å². The van der Waals surface area contributed by atoms with Crippen molar-refractivity contribution in [3.63, 3.8) is 0 Å². The summed E-state index contributed by atoms with van der Waals surface area (Å²) < 4.78 is 1.32. The Morgan fingerprint density at radius 3 is 2.94 bits per heavy atom. The number of carbonyl (C=O) groups excluding carboxylic acids is 1. The van der Waals surface area contributed by atoms with Gasteiger partial charge in [0.2, 0.25) is 0 Å². The van der Waals surface area contributed by atoms with Crippen LogP contribution in [0.2, 0.25) is 0 Å². The molecule has 0 bridgehead atoms. The smallest absolute Gasteiger partial charge is 0.274 e. The van der Waals surface area contributed by atoms with Gasteiger partial charge in [-0.3, -0.25) is 18.8 Å². The molecule has 2 rings (SSSR count). The molecule has 0 saturated heterocycles. The molecule has 2 aromatic heterocycles. The predicted molar refractivity (Wildman–Crippen MR) is 60.6 cm³/mol. The summed E-state index contributed by atoms with van der Waals surface area (Å²) in [5.74, 6) is -0.525. The molecule has 0 unspecified atom stereocenters. The van der Waals surface area contributed by atoms with Crippen LogP contribution in [0.15, 0.2) is 35.4 Å². The van der Waals surface area contributed by atoms with Crippen LogP contribution in [0.4, 0.5) is 0 Å². The van der Waals surface area contributed by atoms with Gasteiger partial charge in [-0.25, -0.2) is 10.0 Å². The van der Waals surface area contributed by atoms with Crippen molar-refractivity contribution in [1.82, 2.24) is 14.4 Å². The molecule has 0 saturated carbocycles. The fourth-order valence-corrected chi connectivity index (χ4v) is 1.43. The molecule has 0 aromatic carbocycles. The first-order chi connectivity index (χ1) is 8.15. The Morgan fingerprint density at radius 1 is 1.47 bits per heavy atom. The topological polar surface area (TPSA) is 63.9 Å². The summed E-state index contributed by atoms with van der Waals surface area (Å²) in [5, 5.41) is 0.980. The number of rotatable bonds is 2. The maximum atomic E-state index is 12.0. The van der Waals surface area contributed by atoms with Crippen LogP contribution in [0.1, 0.15) is 10.4 Å². The number of hydroxylamine groups is 2. The maximum Gasteiger partial charge on any atom is 0.284 e. The number of hydrogen-bond donors (Lipinski definition) is 0. The fraction of sp³-hybridized carbons (Fsp3) is 0.182. The first-order valence-corrected chi connectivity index (χ1v) is 4.93. The molecule has 0 aliphatic heterocycles. The number of carbonyl (C=O) groups is 1. The van der Waals surface area contributed by atoms with Gasteiger partial charge in [0.15, 0.2) is 0 Å². The molecule has 6 nitrogen and oxygen atoms in total. The highest BCUT2D eigenvalue weighted by Crippen LogP contribution is 2.00. The van der Waals surface area contributed by atoms with E-state index < -0.39 is 11.5 Å². The lowest BCUT2D eigenvalue weighted by Crippen LogP contribution is -2.32. The molecule has 0 radical (unpaired) electrons. The molecule has 17 heavy (non-hydrogen) atoms. The highest BCUT2D eigenvalue weighted by atomic mass is 16.7. The zero-order valence-corrected chi connectivity index (χ0v) is 9.45. The third kappa shape index (κ3) is 1.90. The van der Waals surface area contributed by atoms with E-state index in [2.05, 4.69) is 4.98 Å². The molecule has 0 aliphatic rings. The summed E-state index contributed by atoms with van der Waals surface area (Å²) in [7, 11) is 2.78. The Labute approximate surface area is 97.0 Å². The quantitative estimate of drug-likeness (QED) is 0.701. The molecular formula is C11H11N3O3. The highest BCUT2D eigenvalue weighted by Gasteiger charge is 2.16. The lowest BCUT2D eigenvalue weighted by molar-refractivity contribution is -0.0758. The highest BCUT2D eigenvalue weighted by molar-refractivity contribution is 5.92. The van der Waals surface area contributed by atoms with E-state index in [0.717, 1.165) is 5.06 Å². The van der Waals surface area contributed by atoms with Crippen LogP contribution in [-0.2, 0) is 4.84 Å². The summed E-state index contributed by atoms with van der Waals surface area (Å²) in [6, 6.07) is 5.16. The van der Waals surface area contributed by atoms with E-state index in [1.165, 1.54) is 24.8 Å². The number of aromatic nitrogens is 2. The fourth-order valence-electron chi connectivity index (χ4n) is 1.43. The molecule has 0 N–H and O–H groups in total. The van der Waals surface area contributed by atoms with Gasteiger partial charge in [0.05, 0.1) is 7.11 Å². The van der Waals surface area contributed by atoms with E-state index in [1.54, 1.807) is 24.4 Å². The van der Waals surface area contributed by atoms with Crippen LogP contribution in [0.5, 0.6) is 0 Å². The molecule has 6 heteroatoms. The molecule has 2 aromatic rings. The van der Waals surface area contributed by atoms with Crippen LogP contribution in [-0.4, -0.2) is 34.5 Å². The van der Waals surface area contributed by atoms with Gasteiger partial charge >= 0.3 is 0 Å². The first kappa shape index (κ1) is 11.3. The number of amides is 1. The minimum absolute atomic E-state index is 0.0296. The van der Waals surface area contributed by atoms with Gasteiger partial charge in [-0.1, -0.05) is 6.07 Å². The molecule has 0 atom stereocenters. The average Bonchev–Trinajstić information content (AvgIpc) is 2.38. The predicted octanol–water partition coefficient (Wildman–Crippen LogP) is 0.328. The number of fused-ring (bicyclic) bond motifs is 1. The average molecular weight is 233 g/mol. The van der Waals surface area contributed by atoms with Crippen molar-refractivity contribution in [2.24, 2.45) is 0 Å². The van der Waals surface area contributed by atoms with Gasteiger partial charge in [0.1, 0.15) is 11.2 Å². The molecule has 0 fully saturated rings. The first-order valence-electron chi connectivity index (χ1n) is 4.93. The number of nitrogens with zero attached hydrogens (tertiary/aromatic N) is 3. The Kier molecular flexibility index (Phi) is 2.88. The molecular weight excluding hydrogens is 222 g/mol. The summed E-state index contributed by atoms with van der Waals surface area (Å²) in [6.45, 7) is 0. The molecule has 0 aliphatic carbocycles. The maximum absolute atomic E-state index is 12.0. The lowest BCUT2D eigenvalue weighted by atomic mass is 10.3. The summed E-state index contributed by atoms with van der Waals surface area (Å²) >= 11 is 0. The standard InChI is InChI=1S/C11H11N3O3/c1-13(17-2)10(15)8-7-12-9-5-3-4-6-14(9)11(8)16/h3-7H,1-2H3. The normalized spacial score (nSPS) is 10.5. The minimum atomic E-state index is -0.525. The van der Waals surface area contributed by atoms with Crippen molar-refractivity contribution in [2.75, 3.05) is 14.2 Å². The van der Waals surface area contributed by atoms with Crippen LogP contribution in [0, 0.1) is 0 Å². The third-order valence-corrected chi connectivity index (χ3v) is 2.40. The van der Waals surface area contributed by atoms with Crippen molar-refractivity contribution in [1.29, 1.82) is 0 Å². The van der Waals surface area contributed by atoms with Gasteiger partial charge in [-0.05, 0) is 12.1 Å². The van der Waals surface area contributed by atoms with Crippen molar-refractivity contribution < 1.29 is 9.63 Å². The van der Waals surface area contributed by atoms with Gasteiger partial charge in [0.25, 0.3) is 11.5 Å². The zero-order valence-electron chi connectivity index (χ0n) is 9.45. The minimum Gasteiger partial charge on any atom is -0.274 e. The van der Waals surface area contributed by atoms with E-state index in [0.29, 0.717) is 5.65 Å². The second-order valence-corrected chi connectivity index (χ2v) is 3.39. The Hall–Kier alpha value is -2.21. The van der Waals surface area contributed by atoms with Crippen molar-refractivity contribution in [3.8, 4) is 0 Å². The van der Waals surface area contributed by atoms with Gasteiger partial charge < -0.3 is 0 Å². The van der Waals surface area contributed by atoms with Crippen molar-refractivity contribution in [3.05, 3.63) is 46.5 Å². The second kappa shape index (κ2) is 4.34. The largest absolute Gasteiger partial charge is 0.284 e. The summed E-state index contributed by atoms with van der Waals surface area (Å²) in [4.78, 5) is 32.6. The van der Waals surface area contributed by atoms with E-state index in [9.17, 15) is 9.59 Å². The molecule has 0 spiro atoms. The lowest BCUT2D eigenvalue weighted by Gasteiger charge is -2.12. The number of pyridine rings is 1. The van der Waals surface area contributed by atoms with Crippen LogP contribution < -0.4 is 5.56 Å². The van der Waals surface area contributed by atoms with Crippen LogP contribution in [0.3, 0.4) is 0 Å². The Balaban J connectivity index is 2.61. The van der Waals surface area contributed by atoms with E-state index in [4.69, 9.17) is 4.84 Å². The van der Waals surface area contributed by atoms with E-state index in [-0.39, 0.29) is 5.56 Å². The van der Waals surface area contributed by atoms with Crippen LogP contribution in [0.25, 0.3) is 5.65 Å². The van der Waals surface area contributed by atoms with Gasteiger partial charge in [-0.15, -0.1) is 0 Å². The number of hydrogen-bond acceptors (Lipinski definition) is 4. The Morgan fingerprint density at radius 2 is 2.24 bits per heavy atom. The zero-order chi connectivity index (χ0) is 12.4. The monoisotopic (exact) mass is 233 g/mol. The SMILES string of the molecule is CON(C)C(=O)c1cnc2ccccn2c1=O. The van der Waals surface area contributed by atoms with Gasteiger partial charge in [0, 0.05) is 19.4 Å². The second-order valence-electron chi connectivity index (χ2n) is 3.39. The molecule has 2 heterocycles. The van der Waals surface area contributed by atoms with Crippen molar-refractivity contribution in [2.45, 2.75) is 0 Å². The van der Waals surface area contributed by atoms with Gasteiger partial charge in [-0.2, -0.15) is 0 Å². The summed E-state index contributed by atoms with van der Waals surface area (Å²) in [5.41, 5.74) is 0.0525. The summed E-state index contributed by atoms with van der Waals surface area (Å²) in [6.07, 6.45) is 2.82. The van der Waals surface area contributed by atoms with Crippen molar-refractivity contribution >= 4 is 11.6 Å². The molecule has 88 valence electrons. The third-order valence-electron chi connectivity index (χ3n) is 2.40.